The number of rotatable bonds is 4. The number of urea groups is 1. The molecule has 1 aromatic heterocycles. The number of hydrogen-bond donors (Lipinski definition) is 1. The van der Waals surface area contributed by atoms with Gasteiger partial charge in [-0.25, -0.2) is 14.1 Å². The van der Waals surface area contributed by atoms with E-state index < -0.39 is 23.7 Å². The van der Waals surface area contributed by atoms with E-state index in [1.54, 1.807) is 36.4 Å². The van der Waals surface area contributed by atoms with E-state index in [1.165, 1.54) is 25.1 Å². The highest BCUT2D eigenvalue weighted by Gasteiger charge is 2.37. The number of nitrogens with one attached hydrogen (secondary N) is 1. The number of imide groups is 2. The second-order valence-electron chi connectivity index (χ2n) is 6.77. The number of barbiturate groups is 1. The molecule has 0 saturated carbocycles. The highest BCUT2D eigenvalue weighted by atomic mass is 19.1. The van der Waals surface area contributed by atoms with Crippen molar-refractivity contribution in [1.29, 1.82) is 0 Å². The minimum atomic E-state index is -0.926. The summed E-state index contributed by atoms with van der Waals surface area (Å²) in [5.74, 6) is -1.62. The quantitative estimate of drug-likeness (QED) is 0.393. The largest absolute Gasteiger partial charge is 0.457 e. The Morgan fingerprint density at radius 3 is 2.29 bits per heavy atom. The average molecular weight is 418 g/mol. The first kappa shape index (κ1) is 20.0. The summed E-state index contributed by atoms with van der Waals surface area (Å²) in [6, 6.07) is 13.8. The molecule has 0 bridgehead atoms. The number of benzene rings is 2. The Balaban J connectivity index is 1.63. The van der Waals surface area contributed by atoms with Gasteiger partial charge in [0.1, 0.15) is 22.9 Å². The molecular formula is C23H15FN2O5. The van der Waals surface area contributed by atoms with Crippen LogP contribution in [0.5, 0.6) is 0 Å². The minimum absolute atomic E-state index is 0.0569. The molecule has 1 fully saturated rings. The van der Waals surface area contributed by atoms with Crippen LogP contribution < -0.4 is 10.2 Å². The van der Waals surface area contributed by atoms with Crippen molar-refractivity contribution in [2.45, 2.75) is 6.92 Å². The third kappa shape index (κ3) is 3.91. The summed E-state index contributed by atoms with van der Waals surface area (Å²) in [7, 11) is 0. The third-order valence-electron chi connectivity index (χ3n) is 4.68. The van der Waals surface area contributed by atoms with Crippen molar-refractivity contribution in [2.75, 3.05) is 4.90 Å². The number of hydrogen-bond acceptors (Lipinski definition) is 5. The summed E-state index contributed by atoms with van der Waals surface area (Å²) in [6.45, 7) is 1.47. The Kier molecular flexibility index (Phi) is 5.04. The summed E-state index contributed by atoms with van der Waals surface area (Å²) in [4.78, 5) is 49.4. The fourth-order valence-electron chi connectivity index (χ4n) is 3.08. The summed E-state index contributed by atoms with van der Waals surface area (Å²) >= 11 is 0. The number of halogens is 1. The third-order valence-corrected chi connectivity index (χ3v) is 4.68. The zero-order valence-electron chi connectivity index (χ0n) is 16.2. The molecular weight excluding hydrogens is 403 g/mol. The summed E-state index contributed by atoms with van der Waals surface area (Å²) in [5.41, 5.74) is 1.08. The molecule has 31 heavy (non-hydrogen) atoms. The summed E-state index contributed by atoms with van der Waals surface area (Å²) in [5, 5.41) is 2.09. The lowest BCUT2D eigenvalue weighted by atomic mass is 10.1. The van der Waals surface area contributed by atoms with Gasteiger partial charge in [0, 0.05) is 11.1 Å². The van der Waals surface area contributed by atoms with E-state index in [2.05, 4.69) is 5.32 Å². The van der Waals surface area contributed by atoms with Crippen LogP contribution in [-0.2, 0) is 9.59 Å². The molecule has 3 aromatic rings. The monoisotopic (exact) mass is 418 g/mol. The maximum absolute atomic E-state index is 13.2. The number of nitrogens with zero attached hydrogens (tertiary/aromatic N) is 1. The minimum Gasteiger partial charge on any atom is -0.457 e. The van der Waals surface area contributed by atoms with E-state index in [9.17, 15) is 23.6 Å². The topological polar surface area (TPSA) is 96.7 Å². The van der Waals surface area contributed by atoms with Crippen LogP contribution in [0.25, 0.3) is 17.4 Å². The van der Waals surface area contributed by atoms with Crippen molar-refractivity contribution in [3.05, 3.63) is 83.4 Å². The first-order chi connectivity index (χ1) is 14.8. The molecule has 0 atom stereocenters. The second kappa shape index (κ2) is 7.83. The van der Waals surface area contributed by atoms with Gasteiger partial charge in [-0.3, -0.25) is 19.7 Å². The first-order valence-electron chi connectivity index (χ1n) is 9.22. The van der Waals surface area contributed by atoms with Crippen LogP contribution in [0, 0.1) is 5.82 Å². The lowest BCUT2D eigenvalue weighted by Gasteiger charge is -2.26. The maximum Gasteiger partial charge on any atom is 0.335 e. The van der Waals surface area contributed by atoms with Crippen LogP contribution in [-0.4, -0.2) is 23.6 Å². The number of amides is 4. The molecule has 0 aliphatic carbocycles. The predicted octanol–water partition coefficient (Wildman–Crippen LogP) is 3.95. The van der Waals surface area contributed by atoms with Crippen LogP contribution in [0.15, 0.2) is 70.7 Å². The van der Waals surface area contributed by atoms with Crippen LogP contribution >= 0.6 is 0 Å². The maximum atomic E-state index is 13.2. The molecule has 2 aromatic carbocycles. The second-order valence-corrected chi connectivity index (χ2v) is 6.77. The van der Waals surface area contributed by atoms with E-state index in [-0.39, 0.29) is 22.8 Å². The van der Waals surface area contributed by atoms with Crippen molar-refractivity contribution in [3.63, 3.8) is 0 Å². The molecule has 1 aliphatic heterocycles. The Bertz CT molecular complexity index is 1240. The van der Waals surface area contributed by atoms with E-state index in [0.717, 1.165) is 17.0 Å². The smallest absolute Gasteiger partial charge is 0.335 e. The normalized spacial score (nSPS) is 15.4. The number of carbonyl (C=O) groups is 4. The number of Topliss-reactive ketones (excluding diaryl/α,β-unsaturated/α-hetero) is 1. The van der Waals surface area contributed by atoms with Gasteiger partial charge in [-0.1, -0.05) is 24.3 Å². The lowest BCUT2D eigenvalue weighted by molar-refractivity contribution is -0.122. The Labute approximate surface area is 175 Å². The van der Waals surface area contributed by atoms with Crippen molar-refractivity contribution < 1.29 is 28.0 Å². The highest BCUT2D eigenvalue weighted by Crippen LogP contribution is 2.26. The summed E-state index contributed by atoms with van der Waals surface area (Å²) in [6.07, 6.45) is 1.23. The number of anilines is 1. The van der Waals surface area contributed by atoms with Crippen LogP contribution in [0.2, 0.25) is 0 Å². The number of furan rings is 1. The van der Waals surface area contributed by atoms with Gasteiger partial charge in [-0.15, -0.1) is 0 Å². The van der Waals surface area contributed by atoms with E-state index in [0.29, 0.717) is 16.9 Å². The zero-order valence-corrected chi connectivity index (χ0v) is 16.2. The van der Waals surface area contributed by atoms with E-state index in [4.69, 9.17) is 4.42 Å². The molecule has 1 N–H and O–H groups in total. The molecule has 4 rings (SSSR count). The van der Waals surface area contributed by atoms with Gasteiger partial charge >= 0.3 is 6.03 Å². The van der Waals surface area contributed by atoms with Gasteiger partial charge in [-0.2, -0.15) is 0 Å². The SMILES string of the molecule is CC(=O)c1ccc(-c2ccc(/C=C3\C(=O)NC(=O)N(c4ccc(F)cc4)C3=O)o2)cc1. The molecule has 0 spiro atoms. The van der Waals surface area contributed by atoms with Crippen molar-refractivity contribution >= 4 is 35.4 Å². The molecule has 1 saturated heterocycles. The Morgan fingerprint density at radius 1 is 0.968 bits per heavy atom. The fourth-order valence-corrected chi connectivity index (χ4v) is 3.08. The van der Waals surface area contributed by atoms with E-state index >= 15 is 0 Å². The standard InChI is InChI=1S/C23H15FN2O5/c1-13(27)14-2-4-15(5-3-14)20-11-10-18(31-20)12-19-21(28)25-23(30)26(22(19)29)17-8-6-16(24)7-9-17/h2-12H,1H3,(H,25,28,30)/b19-12+. The van der Waals surface area contributed by atoms with Crippen molar-refractivity contribution in [2.24, 2.45) is 0 Å². The first-order valence-corrected chi connectivity index (χ1v) is 9.22. The number of carbonyl (C=O) groups excluding carboxylic acids is 4. The van der Waals surface area contributed by atoms with Crippen LogP contribution in [0.1, 0.15) is 23.0 Å². The summed E-state index contributed by atoms with van der Waals surface area (Å²) < 4.78 is 18.9. The average Bonchev–Trinajstić information content (AvgIpc) is 3.21. The molecule has 7 nitrogen and oxygen atoms in total. The predicted molar refractivity (Wildman–Crippen MR) is 110 cm³/mol. The van der Waals surface area contributed by atoms with E-state index in [1.807, 2.05) is 0 Å². The van der Waals surface area contributed by atoms with Gasteiger partial charge in [0.05, 0.1) is 5.69 Å². The molecule has 154 valence electrons. The molecule has 8 heteroatoms. The molecule has 2 heterocycles. The van der Waals surface area contributed by atoms with Gasteiger partial charge in [-0.05, 0) is 49.4 Å². The Morgan fingerprint density at radius 2 is 1.65 bits per heavy atom. The molecule has 0 radical (unpaired) electrons. The highest BCUT2D eigenvalue weighted by molar-refractivity contribution is 6.39. The van der Waals surface area contributed by atoms with Crippen molar-refractivity contribution in [3.8, 4) is 11.3 Å². The fraction of sp³-hybridized carbons (Fsp3) is 0.0435. The van der Waals surface area contributed by atoms with Crippen LogP contribution in [0.4, 0.5) is 14.9 Å². The zero-order chi connectivity index (χ0) is 22.1. The van der Waals surface area contributed by atoms with Crippen LogP contribution in [0.3, 0.4) is 0 Å². The van der Waals surface area contributed by atoms with Crippen molar-refractivity contribution in [1.82, 2.24) is 5.32 Å². The van der Waals surface area contributed by atoms with Gasteiger partial charge in [0.2, 0.25) is 0 Å². The molecule has 4 amide bonds. The number of ketones is 1. The van der Waals surface area contributed by atoms with Gasteiger partial charge < -0.3 is 4.42 Å². The molecule has 0 unspecified atom stereocenters. The molecule has 1 aliphatic rings. The lowest BCUT2D eigenvalue weighted by Crippen LogP contribution is -2.54. The van der Waals surface area contributed by atoms with Gasteiger partial charge in [0.15, 0.2) is 5.78 Å². The Hall–Kier alpha value is -4.33. The van der Waals surface area contributed by atoms with Gasteiger partial charge in [0.25, 0.3) is 11.8 Å².